The highest BCUT2D eigenvalue weighted by Gasteiger charge is 2.31. The molecule has 1 atom stereocenters. The van der Waals surface area contributed by atoms with Crippen LogP contribution in [0.2, 0.25) is 0 Å². The van der Waals surface area contributed by atoms with Crippen molar-refractivity contribution in [1.29, 1.82) is 0 Å². The van der Waals surface area contributed by atoms with Crippen LogP contribution in [0.25, 0.3) is 0 Å². The molecule has 1 aliphatic heterocycles. The van der Waals surface area contributed by atoms with Crippen molar-refractivity contribution in [3.8, 4) is 0 Å². The first kappa shape index (κ1) is 16.9. The Labute approximate surface area is 132 Å². The normalized spacial score (nSPS) is 19.3. The smallest absolute Gasteiger partial charge is 0.253 e. The fraction of sp³-hybridized carbons (Fsp3) is 0.533. The van der Waals surface area contributed by atoms with Gasteiger partial charge >= 0.3 is 0 Å². The molecule has 1 saturated heterocycles. The number of amides is 1. The third-order valence-corrected chi connectivity index (χ3v) is 5.77. The summed E-state index contributed by atoms with van der Waals surface area (Å²) in [6.45, 7) is 1.93. The van der Waals surface area contributed by atoms with Crippen molar-refractivity contribution in [3.05, 3.63) is 35.4 Å². The minimum atomic E-state index is -3.21. The molecule has 0 aromatic heterocycles. The molecule has 1 amide bonds. The molecule has 0 spiro atoms. The summed E-state index contributed by atoms with van der Waals surface area (Å²) in [5, 5.41) is -0.357. The maximum absolute atomic E-state index is 12.0. The molecule has 0 saturated carbocycles. The minimum Gasteiger partial charge on any atom is -0.345 e. The Kier molecular flexibility index (Phi) is 5.20. The van der Waals surface area contributed by atoms with E-state index < -0.39 is 10.0 Å². The minimum absolute atomic E-state index is 0.0288. The predicted molar refractivity (Wildman–Crippen MR) is 86.1 cm³/mol. The van der Waals surface area contributed by atoms with Crippen molar-refractivity contribution >= 4 is 15.9 Å². The van der Waals surface area contributed by atoms with E-state index in [1.54, 1.807) is 25.1 Å². The van der Waals surface area contributed by atoms with E-state index in [-0.39, 0.29) is 11.2 Å². The molecule has 1 fully saturated rings. The Hall–Kier alpha value is -1.44. The average Bonchev–Trinajstić information content (AvgIpc) is 2.96. The van der Waals surface area contributed by atoms with Gasteiger partial charge in [-0.3, -0.25) is 9.69 Å². The van der Waals surface area contributed by atoms with Crippen LogP contribution in [0.3, 0.4) is 0 Å². The summed E-state index contributed by atoms with van der Waals surface area (Å²) in [7, 11) is 1.69. The molecule has 0 radical (unpaired) electrons. The molecule has 1 aliphatic rings. The van der Waals surface area contributed by atoms with Crippen molar-refractivity contribution in [2.75, 3.05) is 34.2 Å². The number of nitrogens with one attached hydrogen (secondary N) is 1. The molecule has 122 valence electrons. The molecule has 1 heterocycles. The second-order valence-corrected chi connectivity index (χ2v) is 7.96. The Morgan fingerprint density at radius 3 is 2.77 bits per heavy atom. The number of rotatable bonds is 5. The van der Waals surface area contributed by atoms with Crippen molar-refractivity contribution in [3.63, 3.8) is 0 Å². The van der Waals surface area contributed by atoms with Gasteiger partial charge in [-0.2, -0.15) is 0 Å². The monoisotopic (exact) mass is 325 g/mol. The molecule has 22 heavy (non-hydrogen) atoms. The SMILES string of the molecule is CNS(=O)(=O)C1CCN(Cc2cccc(C(=O)N(C)C)c2)C1. The molecule has 7 heteroatoms. The molecule has 1 N–H and O–H groups in total. The summed E-state index contributed by atoms with van der Waals surface area (Å²) in [4.78, 5) is 15.6. The van der Waals surface area contributed by atoms with Crippen molar-refractivity contribution in [2.24, 2.45) is 0 Å². The fourth-order valence-corrected chi connectivity index (χ4v) is 3.84. The topological polar surface area (TPSA) is 69.7 Å². The molecule has 2 rings (SSSR count). The molecular formula is C15H23N3O3S. The van der Waals surface area contributed by atoms with E-state index >= 15 is 0 Å². The van der Waals surface area contributed by atoms with Crippen LogP contribution in [0.15, 0.2) is 24.3 Å². The summed E-state index contributed by atoms with van der Waals surface area (Å²) >= 11 is 0. The Morgan fingerprint density at radius 1 is 1.41 bits per heavy atom. The summed E-state index contributed by atoms with van der Waals surface area (Å²) in [5.41, 5.74) is 1.68. The van der Waals surface area contributed by atoms with Crippen molar-refractivity contribution in [2.45, 2.75) is 18.2 Å². The molecule has 0 aliphatic carbocycles. The number of hydrogen-bond acceptors (Lipinski definition) is 4. The summed E-state index contributed by atoms with van der Waals surface area (Å²) in [6, 6.07) is 7.50. The zero-order chi connectivity index (χ0) is 16.3. The third-order valence-electron chi connectivity index (χ3n) is 3.94. The fourth-order valence-electron chi connectivity index (χ4n) is 2.68. The number of sulfonamides is 1. The first-order valence-corrected chi connectivity index (χ1v) is 8.83. The second kappa shape index (κ2) is 6.76. The first-order chi connectivity index (χ1) is 10.3. The molecule has 1 unspecified atom stereocenters. The maximum atomic E-state index is 12.0. The molecule has 1 aromatic carbocycles. The van der Waals surface area contributed by atoms with E-state index in [1.807, 2.05) is 18.2 Å². The van der Waals surface area contributed by atoms with Crippen molar-refractivity contribution < 1.29 is 13.2 Å². The zero-order valence-electron chi connectivity index (χ0n) is 13.2. The summed E-state index contributed by atoms with van der Waals surface area (Å²) in [6.07, 6.45) is 0.638. The maximum Gasteiger partial charge on any atom is 0.253 e. The lowest BCUT2D eigenvalue weighted by Crippen LogP contribution is -2.34. The van der Waals surface area contributed by atoms with Gasteiger partial charge in [-0.15, -0.1) is 0 Å². The quantitative estimate of drug-likeness (QED) is 0.856. The van der Waals surface area contributed by atoms with Gasteiger partial charge in [0, 0.05) is 32.7 Å². The van der Waals surface area contributed by atoms with Crippen LogP contribution in [0.5, 0.6) is 0 Å². The number of benzene rings is 1. The van der Waals surface area contributed by atoms with Gasteiger partial charge in [0.2, 0.25) is 10.0 Å². The van der Waals surface area contributed by atoms with Gasteiger partial charge in [0.25, 0.3) is 5.91 Å². The van der Waals surface area contributed by atoms with E-state index in [9.17, 15) is 13.2 Å². The number of nitrogens with zero attached hydrogens (tertiary/aromatic N) is 2. The number of carbonyl (C=O) groups excluding carboxylic acids is 1. The lowest BCUT2D eigenvalue weighted by atomic mass is 10.1. The van der Waals surface area contributed by atoms with Gasteiger partial charge < -0.3 is 4.90 Å². The van der Waals surface area contributed by atoms with Gasteiger partial charge in [-0.05, 0) is 37.7 Å². The first-order valence-electron chi connectivity index (χ1n) is 7.29. The van der Waals surface area contributed by atoms with Gasteiger partial charge in [-0.25, -0.2) is 13.1 Å². The Balaban J connectivity index is 2.04. The number of likely N-dealkylation sites (tertiary alicyclic amines) is 1. The largest absolute Gasteiger partial charge is 0.345 e. The summed E-state index contributed by atoms with van der Waals surface area (Å²) in [5.74, 6) is -0.0288. The number of carbonyl (C=O) groups is 1. The highest BCUT2D eigenvalue weighted by molar-refractivity contribution is 7.90. The van der Waals surface area contributed by atoms with Gasteiger partial charge in [-0.1, -0.05) is 12.1 Å². The van der Waals surface area contributed by atoms with Crippen LogP contribution < -0.4 is 4.72 Å². The summed E-state index contributed by atoms with van der Waals surface area (Å²) < 4.78 is 26.1. The highest BCUT2D eigenvalue weighted by atomic mass is 32.2. The third kappa shape index (κ3) is 3.85. The molecule has 1 aromatic rings. The van der Waals surface area contributed by atoms with Crippen LogP contribution in [0.1, 0.15) is 22.3 Å². The Morgan fingerprint density at radius 2 is 2.14 bits per heavy atom. The molecular weight excluding hydrogens is 302 g/mol. The highest BCUT2D eigenvalue weighted by Crippen LogP contribution is 2.19. The molecule has 6 nitrogen and oxygen atoms in total. The average molecular weight is 325 g/mol. The van der Waals surface area contributed by atoms with Crippen LogP contribution in [-0.4, -0.2) is 63.6 Å². The van der Waals surface area contributed by atoms with Gasteiger partial charge in [0.1, 0.15) is 0 Å². The van der Waals surface area contributed by atoms with Gasteiger partial charge in [0.15, 0.2) is 0 Å². The molecule has 0 bridgehead atoms. The second-order valence-electron chi connectivity index (χ2n) is 5.79. The zero-order valence-corrected chi connectivity index (χ0v) is 14.1. The van der Waals surface area contributed by atoms with Gasteiger partial charge in [0.05, 0.1) is 5.25 Å². The van der Waals surface area contributed by atoms with Crippen LogP contribution in [0, 0.1) is 0 Å². The van der Waals surface area contributed by atoms with E-state index in [1.165, 1.54) is 7.05 Å². The van der Waals surface area contributed by atoms with Crippen molar-refractivity contribution in [1.82, 2.24) is 14.5 Å². The Bertz CT molecular complexity index is 643. The van der Waals surface area contributed by atoms with Crippen LogP contribution >= 0.6 is 0 Å². The van der Waals surface area contributed by atoms with Crippen LogP contribution in [0.4, 0.5) is 0 Å². The number of hydrogen-bond donors (Lipinski definition) is 1. The van der Waals surface area contributed by atoms with E-state index in [0.29, 0.717) is 25.1 Å². The predicted octanol–water partition coefficient (Wildman–Crippen LogP) is 0.512. The van der Waals surface area contributed by atoms with Crippen LogP contribution in [-0.2, 0) is 16.6 Å². The van der Waals surface area contributed by atoms with E-state index in [0.717, 1.165) is 12.1 Å². The van der Waals surface area contributed by atoms with E-state index in [4.69, 9.17) is 0 Å². The lowest BCUT2D eigenvalue weighted by Gasteiger charge is -2.17. The standard InChI is InChI=1S/C15H23N3O3S/c1-16-22(20,21)14-7-8-18(11-14)10-12-5-4-6-13(9-12)15(19)17(2)3/h4-6,9,14,16H,7-8,10-11H2,1-3H3. The lowest BCUT2D eigenvalue weighted by molar-refractivity contribution is 0.0827. The van der Waals surface area contributed by atoms with E-state index in [2.05, 4.69) is 9.62 Å².